The predicted octanol–water partition coefficient (Wildman–Crippen LogP) is 1.88. The van der Waals surface area contributed by atoms with Gasteiger partial charge >= 0.3 is 11.9 Å². The van der Waals surface area contributed by atoms with Crippen LogP contribution in [0.15, 0.2) is 24.3 Å². The van der Waals surface area contributed by atoms with Crippen LogP contribution < -0.4 is 10.1 Å². The summed E-state index contributed by atoms with van der Waals surface area (Å²) < 4.78 is 4.88. The number of carbonyl (C=O) groups excluding carboxylic acids is 2. The number of amides is 1. The Balaban J connectivity index is 2.69. The van der Waals surface area contributed by atoms with Crippen LogP contribution in [0, 0.1) is 11.3 Å². The number of aliphatic carboxylic acids is 1. The van der Waals surface area contributed by atoms with Gasteiger partial charge in [0.05, 0.1) is 6.07 Å². The number of nitriles is 1. The standard InChI is InChI=1S/C16H18N2O5/c1-11(19)23-13-7-5-6-12(10-13)15(20)18-14(16(21)22)8-3-2-4-9-17/h5-7,10,14H,2-4,8H2,1H3,(H,18,20)(H,21,22)/t14-/m1/s1. The summed E-state index contributed by atoms with van der Waals surface area (Å²) in [7, 11) is 0. The van der Waals surface area contributed by atoms with Gasteiger partial charge in [0.25, 0.3) is 5.91 Å². The molecule has 1 aromatic carbocycles. The lowest BCUT2D eigenvalue weighted by Crippen LogP contribution is -2.40. The van der Waals surface area contributed by atoms with Crippen molar-refractivity contribution in [2.45, 2.75) is 38.6 Å². The van der Waals surface area contributed by atoms with Gasteiger partial charge in [0.15, 0.2) is 0 Å². The van der Waals surface area contributed by atoms with Crippen molar-refractivity contribution in [3.8, 4) is 11.8 Å². The molecule has 0 aliphatic carbocycles. The Labute approximate surface area is 133 Å². The topological polar surface area (TPSA) is 116 Å². The Hall–Kier alpha value is -2.88. The van der Waals surface area contributed by atoms with Crippen LogP contribution in [0.4, 0.5) is 0 Å². The van der Waals surface area contributed by atoms with Gasteiger partial charge in [0.1, 0.15) is 11.8 Å². The molecule has 7 heteroatoms. The number of hydrogen-bond acceptors (Lipinski definition) is 5. The first-order chi connectivity index (χ1) is 10.9. The Kier molecular flexibility index (Phi) is 7.27. The molecule has 0 aliphatic rings. The molecule has 0 radical (unpaired) electrons. The summed E-state index contributed by atoms with van der Waals surface area (Å²) in [6.45, 7) is 1.24. The van der Waals surface area contributed by atoms with Gasteiger partial charge in [-0.2, -0.15) is 5.26 Å². The zero-order valence-corrected chi connectivity index (χ0v) is 12.7. The fourth-order valence-electron chi connectivity index (χ4n) is 1.92. The molecule has 1 atom stereocenters. The van der Waals surface area contributed by atoms with Gasteiger partial charge in [0.2, 0.25) is 0 Å². The molecule has 0 aromatic heterocycles. The molecule has 7 nitrogen and oxygen atoms in total. The highest BCUT2D eigenvalue weighted by Crippen LogP contribution is 2.14. The van der Waals surface area contributed by atoms with Crippen molar-refractivity contribution >= 4 is 17.8 Å². The van der Waals surface area contributed by atoms with E-state index in [1.165, 1.54) is 31.2 Å². The second-order valence-corrected chi connectivity index (χ2v) is 4.89. The second kappa shape index (κ2) is 9.20. The normalized spacial score (nSPS) is 11.1. The lowest BCUT2D eigenvalue weighted by atomic mass is 10.1. The minimum absolute atomic E-state index is 0.201. The molecule has 0 saturated heterocycles. The van der Waals surface area contributed by atoms with Crippen molar-refractivity contribution < 1.29 is 24.2 Å². The number of carboxylic acid groups (broad SMARTS) is 1. The number of hydrogen-bond donors (Lipinski definition) is 2. The van der Waals surface area contributed by atoms with E-state index in [-0.39, 0.29) is 17.7 Å². The number of rotatable bonds is 8. The number of carbonyl (C=O) groups is 3. The van der Waals surface area contributed by atoms with E-state index in [1.54, 1.807) is 0 Å². The molecule has 1 rings (SSSR count). The molecule has 122 valence electrons. The molecule has 0 spiro atoms. The van der Waals surface area contributed by atoms with Crippen LogP contribution in [0.25, 0.3) is 0 Å². The molecule has 0 aliphatic heterocycles. The van der Waals surface area contributed by atoms with Gasteiger partial charge in [-0.1, -0.05) is 6.07 Å². The molecular formula is C16H18N2O5. The summed E-state index contributed by atoms with van der Waals surface area (Å²) >= 11 is 0. The van der Waals surface area contributed by atoms with Crippen molar-refractivity contribution in [3.05, 3.63) is 29.8 Å². The number of ether oxygens (including phenoxy) is 1. The van der Waals surface area contributed by atoms with E-state index < -0.39 is 23.9 Å². The Morgan fingerprint density at radius 1 is 1.35 bits per heavy atom. The van der Waals surface area contributed by atoms with E-state index in [2.05, 4.69) is 5.32 Å². The number of benzene rings is 1. The SMILES string of the molecule is CC(=O)Oc1cccc(C(=O)N[C@H](CCCCC#N)C(=O)O)c1. The number of nitrogens with zero attached hydrogens (tertiary/aromatic N) is 1. The first-order valence-electron chi connectivity index (χ1n) is 7.13. The minimum atomic E-state index is -1.13. The van der Waals surface area contributed by atoms with Gasteiger partial charge in [-0.15, -0.1) is 0 Å². The van der Waals surface area contributed by atoms with Crippen molar-refractivity contribution in [2.75, 3.05) is 0 Å². The number of nitrogens with one attached hydrogen (secondary N) is 1. The smallest absolute Gasteiger partial charge is 0.326 e. The summed E-state index contributed by atoms with van der Waals surface area (Å²) in [6, 6.07) is 6.88. The zero-order chi connectivity index (χ0) is 17.2. The first kappa shape index (κ1) is 18.2. The highest BCUT2D eigenvalue weighted by atomic mass is 16.5. The summed E-state index contributed by atoms with van der Waals surface area (Å²) in [5.74, 6) is -1.99. The molecule has 0 unspecified atom stereocenters. The monoisotopic (exact) mass is 318 g/mol. The maximum atomic E-state index is 12.1. The second-order valence-electron chi connectivity index (χ2n) is 4.89. The van der Waals surface area contributed by atoms with Crippen LogP contribution in [0.5, 0.6) is 5.75 Å². The fourth-order valence-corrected chi connectivity index (χ4v) is 1.92. The largest absolute Gasteiger partial charge is 0.480 e. The third kappa shape index (κ3) is 6.61. The van der Waals surface area contributed by atoms with E-state index in [0.717, 1.165) is 0 Å². The van der Waals surface area contributed by atoms with Crippen LogP contribution in [0.2, 0.25) is 0 Å². The van der Waals surface area contributed by atoms with Gasteiger partial charge in [-0.3, -0.25) is 9.59 Å². The molecule has 23 heavy (non-hydrogen) atoms. The van der Waals surface area contributed by atoms with Crippen molar-refractivity contribution in [1.82, 2.24) is 5.32 Å². The Morgan fingerprint density at radius 2 is 2.09 bits per heavy atom. The molecule has 0 fully saturated rings. The van der Waals surface area contributed by atoms with Gasteiger partial charge in [0, 0.05) is 18.9 Å². The predicted molar refractivity (Wildman–Crippen MR) is 80.7 cm³/mol. The first-order valence-corrected chi connectivity index (χ1v) is 7.13. The highest BCUT2D eigenvalue weighted by Gasteiger charge is 2.20. The third-order valence-corrected chi connectivity index (χ3v) is 2.99. The van der Waals surface area contributed by atoms with E-state index in [9.17, 15) is 14.4 Å². The highest BCUT2D eigenvalue weighted by molar-refractivity contribution is 5.97. The van der Waals surface area contributed by atoms with Crippen LogP contribution in [-0.2, 0) is 9.59 Å². The molecule has 1 aromatic rings. The van der Waals surface area contributed by atoms with Gasteiger partial charge in [-0.05, 0) is 37.5 Å². The Morgan fingerprint density at radius 3 is 2.70 bits per heavy atom. The number of carboxylic acids is 1. The van der Waals surface area contributed by atoms with Crippen molar-refractivity contribution in [1.29, 1.82) is 5.26 Å². The maximum Gasteiger partial charge on any atom is 0.326 e. The van der Waals surface area contributed by atoms with Crippen LogP contribution in [0.3, 0.4) is 0 Å². The molecule has 0 bridgehead atoms. The number of unbranched alkanes of at least 4 members (excludes halogenated alkanes) is 2. The van der Waals surface area contributed by atoms with Crippen LogP contribution in [0.1, 0.15) is 43.0 Å². The van der Waals surface area contributed by atoms with Crippen molar-refractivity contribution in [3.63, 3.8) is 0 Å². The van der Waals surface area contributed by atoms with Crippen LogP contribution in [-0.4, -0.2) is 29.0 Å². The average molecular weight is 318 g/mol. The minimum Gasteiger partial charge on any atom is -0.480 e. The third-order valence-electron chi connectivity index (χ3n) is 2.99. The van der Waals surface area contributed by atoms with E-state index >= 15 is 0 Å². The lowest BCUT2D eigenvalue weighted by Gasteiger charge is -2.14. The lowest BCUT2D eigenvalue weighted by molar-refractivity contribution is -0.139. The summed E-state index contributed by atoms with van der Waals surface area (Å²) in [5, 5.41) is 20.0. The molecule has 2 N–H and O–H groups in total. The van der Waals surface area contributed by atoms with E-state index in [1.807, 2.05) is 6.07 Å². The fraction of sp³-hybridized carbons (Fsp3) is 0.375. The Bertz CT molecular complexity index is 621. The molecule has 0 saturated carbocycles. The van der Waals surface area contributed by atoms with Crippen LogP contribution >= 0.6 is 0 Å². The van der Waals surface area contributed by atoms with Gasteiger partial charge < -0.3 is 15.2 Å². The van der Waals surface area contributed by atoms with E-state index in [4.69, 9.17) is 15.1 Å². The average Bonchev–Trinajstić information content (AvgIpc) is 2.49. The number of esters is 1. The summed E-state index contributed by atoms with van der Waals surface area (Å²) in [6.07, 6.45) is 1.70. The van der Waals surface area contributed by atoms with Crippen molar-refractivity contribution in [2.24, 2.45) is 0 Å². The molecular weight excluding hydrogens is 300 g/mol. The molecule has 0 heterocycles. The summed E-state index contributed by atoms with van der Waals surface area (Å²) in [4.78, 5) is 34.2. The summed E-state index contributed by atoms with van der Waals surface area (Å²) in [5.41, 5.74) is 0.201. The maximum absolute atomic E-state index is 12.1. The van der Waals surface area contributed by atoms with Gasteiger partial charge in [-0.25, -0.2) is 4.79 Å². The molecule has 1 amide bonds. The zero-order valence-electron chi connectivity index (χ0n) is 12.7. The van der Waals surface area contributed by atoms with E-state index in [0.29, 0.717) is 19.3 Å². The quantitative estimate of drug-likeness (QED) is 0.429.